The maximum absolute atomic E-state index is 13.2. The van der Waals surface area contributed by atoms with Crippen molar-refractivity contribution in [2.75, 3.05) is 12.3 Å². The van der Waals surface area contributed by atoms with E-state index in [0.29, 0.717) is 43.5 Å². The highest BCUT2D eigenvalue weighted by molar-refractivity contribution is 9.11. The van der Waals surface area contributed by atoms with Gasteiger partial charge in [0, 0.05) is 22.2 Å². The van der Waals surface area contributed by atoms with Crippen LogP contribution in [0.1, 0.15) is 55.8 Å². The van der Waals surface area contributed by atoms with Crippen LogP contribution < -0.4 is 11.1 Å². The molecule has 5 nitrogen and oxygen atoms in total. The quantitative estimate of drug-likeness (QED) is 0.0800. The molecular weight excluding hydrogens is 652 g/mol. The standard InChI is InChI=1S/C28H28Br2N2O3.BrH/c1-2-3-4-5-6-9-16-34-28(33)18-11-8-7-10-17(18)23-19-12-14-21(31)24(29)26(19)35-27-20(23)13-15-22(32)25(27)30;/h7-8,10-15,31H,2-6,9,16,32H2,1H3;1H. The summed E-state index contributed by atoms with van der Waals surface area (Å²) in [7, 11) is 0. The van der Waals surface area contributed by atoms with Crippen molar-refractivity contribution in [2.24, 2.45) is 0 Å². The molecule has 36 heavy (non-hydrogen) atoms. The monoisotopic (exact) mass is 678 g/mol. The van der Waals surface area contributed by atoms with Gasteiger partial charge in [-0.3, -0.25) is 5.41 Å². The summed E-state index contributed by atoms with van der Waals surface area (Å²) in [6, 6.07) is 14.7. The lowest BCUT2D eigenvalue weighted by atomic mass is 9.90. The van der Waals surface area contributed by atoms with Crippen molar-refractivity contribution in [1.29, 1.82) is 5.41 Å². The Labute approximate surface area is 238 Å². The average molecular weight is 681 g/mol. The van der Waals surface area contributed by atoms with Crippen molar-refractivity contribution in [2.45, 2.75) is 45.4 Å². The van der Waals surface area contributed by atoms with Crippen LogP contribution in [0.4, 0.5) is 5.69 Å². The highest BCUT2D eigenvalue weighted by Crippen LogP contribution is 2.45. The average Bonchev–Trinajstić information content (AvgIpc) is 2.87. The van der Waals surface area contributed by atoms with E-state index >= 15 is 0 Å². The maximum Gasteiger partial charge on any atom is 0.338 e. The predicted octanol–water partition coefficient (Wildman–Crippen LogP) is 8.89. The Kier molecular flexibility index (Phi) is 10.2. The maximum atomic E-state index is 13.2. The summed E-state index contributed by atoms with van der Waals surface area (Å²) in [5, 5.41) is 9.33. The zero-order chi connectivity index (χ0) is 24.9. The molecule has 0 fully saturated rings. The molecule has 1 aliphatic heterocycles. The Morgan fingerprint density at radius 3 is 2.44 bits per heavy atom. The van der Waals surface area contributed by atoms with E-state index < -0.39 is 0 Å². The second-order valence-electron chi connectivity index (χ2n) is 8.58. The largest absolute Gasteiger partial charge is 0.462 e. The number of unbranched alkanes of at least 4 members (excludes halogenated alkanes) is 5. The van der Waals surface area contributed by atoms with Gasteiger partial charge in [0.15, 0.2) is 11.3 Å². The number of hydrogen-bond acceptors (Lipinski definition) is 5. The number of nitrogen functional groups attached to an aromatic ring is 1. The molecule has 0 unspecified atom stereocenters. The normalized spacial score (nSPS) is 11.0. The molecule has 1 heterocycles. The molecule has 0 spiro atoms. The summed E-state index contributed by atoms with van der Waals surface area (Å²) < 4.78 is 13.1. The lowest BCUT2D eigenvalue weighted by Crippen LogP contribution is -2.09. The summed E-state index contributed by atoms with van der Waals surface area (Å²) in [5.74, 6) is 0.170. The smallest absolute Gasteiger partial charge is 0.338 e. The third-order valence-electron chi connectivity index (χ3n) is 6.11. The third-order valence-corrected chi connectivity index (χ3v) is 7.72. The van der Waals surface area contributed by atoms with Gasteiger partial charge in [-0.1, -0.05) is 57.2 Å². The van der Waals surface area contributed by atoms with Crippen molar-refractivity contribution in [3.8, 4) is 22.5 Å². The first-order valence-electron chi connectivity index (χ1n) is 11.9. The first kappa shape index (κ1) is 28.4. The lowest BCUT2D eigenvalue weighted by Gasteiger charge is -2.19. The molecule has 8 heteroatoms. The number of nitrogens with one attached hydrogen (secondary N) is 1. The summed E-state index contributed by atoms with van der Waals surface area (Å²) in [5.41, 5.74) is 10.1. The number of ether oxygens (including phenoxy) is 1. The molecule has 0 bridgehead atoms. The third kappa shape index (κ3) is 5.87. The second-order valence-corrected chi connectivity index (χ2v) is 10.2. The van der Waals surface area contributed by atoms with Crippen LogP contribution in [-0.2, 0) is 4.74 Å². The van der Waals surface area contributed by atoms with Crippen LogP contribution in [0.2, 0.25) is 0 Å². The SMILES string of the molecule is Br.CCCCCCCCOC(=O)c1ccccc1-c1c2ccc(=N)c(Br)c-2oc2c(Br)c(N)ccc12. The number of rotatable bonds is 9. The van der Waals surface area contributed by atoms with Crippen LogP contribution in [0.15, 0.2) is 61.9 Å². The number of nitrogens with two attached hydrogens (primary N) is 1. The van der Waals surface area contributed by atoms with Crippen molar-refractivity contribution < 1.29 is 13.9 Å². The molecule has 3 N–H and O–H groups in total. The minimum atomic E-state index is -0.345. The number of carbonyl (C=O) groups excluding carboxylic acids is 1. The number of anilines is 1. The number of hydrogen-bond donors (Lipinski definition) is 2. The van der Waals surface area contributed by atoms with E-state index in [1.807, 2.05) is 36.4 Å². The van der Waals surface area contributed by atoms with E-state index in [0.717, 1.165) is 34.9 Å². The minimum Gasteiger partial charge on any atom is -0.462 e. The van der Waals surface area contributed by atoms with Crippen LogP contribution in [0.3, 0.4) is 0 Å². The topological polar surface area (TPSA) is 89.3 Å². The minimum absolute atomic E-state index is 0. The molecule has 2 aromatic carbocycles. The number of carbonyl (C=O) groups is 1. The highest BCUT2D eigenvalue weighted by Gasteiger charge is 2.25. The van der Waals surface area contributed by atoms with Crippen LogP contribution in [-0.4, -0.2) is 12.6 Å². The first-order valence-corrected chi connectivity index (χ1v) is 13.5. The fourth-order valence-corrected chi connectivity index (χ4v) is 5.12. The molecule has 0 saturated heterocycles. The Hall–Kier alpha value is -2.16. The Morgan fingerprint density at radius 1 is 0.944 bits per heavy atom. The highest BCUT2D eigenvalue weighted by atomic mass is 79.9. The van der Waals surface area contributed by atoms with Crippen molar-refractivity contribution in [1.82, 2.24) is 0 Å². The fourth-order valence-electron chi connectivity index (χ4n) is 4.26. The van der Waals surface area contributed by atoms with Gasteiger partial charge in [-0.2, -0.15) is 0 Å². The van der Waals surface area contributed by atoms with Crippen LogP contribution in [0.5, 0.6) is 0 Å². The Morgan fingerprint density at radius 2 is 1.67 bits per heavy atom. The first-order chi connectivity index (χ1) is 16.9. The van der Waals surface area contributed by atoms with E-state index in [9.17, 15) is 4.79 Å². The number of esters is 1. The van der Waals surface area contributed by atoms with Gasteiger partial charge in [0.1, 0.15) is 0 Å². The molecule has 0 amide bonds. The Balaban J connectivity index is 0.00000361. The molecule has 0 radical (unpaired) electrons. The molecule has 190 valence electrons. The van der Waals surface area contributed by atoms with E-state index in [4.69, 9.17) is 20.3 Å². The van der Waals surface area contributed by atoms with Gasteiger partial charge < -0.3 is 14.9 Å². The van der Waals surface area contributed by atoms with Crippen LogP contribution in [0, 0.1) is 5.41 Å². The van der Waals surface area contributed by atoms with E-state index in [1.54, 1.807) is 12.1 Å². The summed E-state index contributed by atoms with van der Waals surface area (Å²) in [4.78, 5) is 13.2. The molecule has 0 aromatic heterocycles. The lowest BCUT2D eigenvalue weighted by molar-refractivity contribution is 0.0498. The number of benzene rings is 3. The summed E-state index contributed by atoms with van der Waals surface area (Å²) in [6.45, 7) is 2.60. The second kappa shape index (κ2) is 12.9. The Bertz CT molecular complexity index is 1400. The van der Waals surface area contributed by atoms with E-state index in [2.05, 4.69) is 38.8 Å². The van der Waals surface area contributed by atoms with Crippen molar-refractivity contribution in [3.63, 3.8) is 0 Å². The molecule has 1 aliphatic carbocycles. The van der Waals surface area contributed by atoms with Gasteiger partial charge in [-0.25, -0.2) is 4.79 Å². The van der Waals surface area contributed by atoms with Crippen molar-refractivity contribution in [3.05, 3.63) is 68.4 Å². The van der Waals surface area contributed by atoms with Crippen LogP contribution in [0.25, 0.3) is 33.4 Å². The van der Waals surface area contributed by atoms with Gasteiger partial charge in [-0.15, -0.1) is 17.0 Å². The van der Waals surface area contributed by atoms with Gasteiger partial charge in [0.2, 0.25) is 0 Å². The van der Waals surface area contributed by atoms with E-state index in [1.165, 1.54) is 25.7 Å². The van der Waals surface area contributed by atoms with Gasteiger partial charge >= 0.3 is 5.97 Å². The summed E-state index contributed by atoms with van der Waals surface area (Å²) >= 11 is 7.06. The zero-order valence-corrected chi connectivity index (χ0v) is 24.9. The predicted molar refractivity (Wildman–Crippen MR) is 158 cm³/mol. The number of halogens is 3. The zero-order valence-electron chi connectivity index (χ0n) is 20.0. The molecule has 2 aliphatic rings. The van der Waals surface area contributed by atoms with Crippen LogP contribution >= 0.6 is 48.8 Å². The molecule has 0 atom stereocenters. The molecule has 4 rings (SSSR count). The van der Waals surface area contributed by atoms with Crippen molar-refractivity contribution >= 4 is 71.5 Å². The summed E-state index contributed by atoms with van der Waals surface area (Å²) in [6.07, 6.45) is 6.77. The number of fused-ring (bicyclic) bond motifs is 2. The van der Waals surface area contributed by atoms with Gasteiger partial charge in [0.05, 0.1) is 26.5 Å². The molecular formula is C28H29Br3N2O3. The molecule has 2 aromatic rings. The van der Waals surface area contributed by atoms with Gasteiger partial charge in [-0.05, 0) is 74.2 Å². The fraction of sp³-hybridized carbons (Fsp3) is 0.286. The molecule has 0 saturated carbocycles. The van der Waals surface area contributed by atoms with E-state index in [-0.39, 0.29) is 23.0 Å². The van der Waals surface area contributed by atoms with Gasteiger partial charge in [0.25, 0.3) is 0 Å².